The predicted octanol–water partition coefficient (Wildman–Crippen LogP) is 3.66. The van der Waals surface area contributed by atoms with Crippen molar-refractivity contribution in [3.05, 3.63) is 57.6 Å². The Hall–Kier alpha value is -2.70. The van der Waals surface area contributed by atoms with Crippen LogP contribution in [0.2, 0.25) is 0 Å². The Bertz CT molecular complexity index is 926. The zero-order valence-corrected chi connectivity index (χ0v) is 19.2. The minimum atomic E-state index is 0.345. The Morgan fingerprint density at radius 3 is 1.47 bits per heavy atom. The number of rotatable bonds is 0. The van der Waals surface area contributed by atoms with Gasteiger partial charge in [-0.2, -0.15) is 0 Å². The Labute approximate surface area is 190 Å². The van der Waals surface area contributed by atoms with E-state index >= 15 is 0 Å². The fourth-order valence-electron chi connectivity index (χ4n) is 4.52. The number of piperazine rings is 1. The molecule has 0 aliphatic carbocycles. The molecule has 0 amide bonds. The molecule has 6 bridgehead atoms. The number of phenolic OH excluding ortho intramolecular Hbond substituents is 2. The van der Waals surface area contributed by atoms with Gasteiger partial charge in [-0.25, -0.2) is 0 Å². The van der Waals surface area contributed by atoms with Gasteiger partial charge in [0.2, 0.25) is 0 Å². The van der Waals surface area contributed by atoms with Crippen LogP contribution in [0.15, 0.2) is 34.3 Å². The highest BCUT2D eigenvalue weighted by Crippen LogP contribution is 2.27. The van der Waals surface area contributed by atoms with E-state index in [0.29, 0.717) is 24.6 Å². The molecule has 1 saturated heterocycles. The summed E-state index contributed by atoms with van der Waals surface area (Å²) < 4.78 is 0. The zero-order valence-electron chi connectivity index (χ0n) is 19.2. The number of nitrogens with zero attached hydrogens (tertiary/aromatic N) is 4. The molecule has 3 aliphatic heterocycles. The van der Waals surface area contributed by atoms with Crippen molar-refractivity contribution in [3.63, 3.8) is 0 Å². The van der Waals surface area contributed by atoms with Gasteiger partial charge in [0, 0.05) is 87.0 Å². The molecular formula is C26H34N4O2. The predicted molar refractivity (Wildman–Crippen MR) is 130 cm³/mol. The fourth-order valence-corrected chi connectivity index (χ4v) is 4.52. The molecule has 2 N–H and O–H groups in total. The Morgan fingerprint density at radius 1 is 0.656 bits per heavy atom. The number of phenols is 2. The van der Waals surface area contributed by atoms with Gasteiger partial charge in [-0.3, -0.25) is 19.8 Å². The highest BCUT2D eigenvalue weighted by molar-refractivity contribution is 5.85. The zero-order chi connectivity index (χ0) is 22.5. The summed E-state index contributed by atoms with van der Waals surface area (Å²) in [6.45, 7) is 10.7. The van der Waals surface area contributed by atoms with Crippen molar-refractivity contribution in [3.8, 4) is 11.5 Å². The average molecular weight is 435 g/mol. The van der Waals surface area contributed by atoms with Crippen molar-refractivity contribution in [2.75, 3.05) is 39.3 Å². The van der Waals surface area contributed by atoms with E-state index in [1.807, 2.05) is 12.1 Å². The summed E-state index contributed by atoms with van der Waals surface area (Å²) in [4.78, 5) is 13.8. The second-order valence-electron chi connectivity index (χ2n) is 9.05. The van der Waals surface area contributed by atoms with Crippen molar-refractivity contribution < 1.29 is 10.2 Å². The van der Waals surface area contributed by atoms with E-state index in [4.69, 9.17) is 0 Å². The lowest BCUT2D eigenvalue weighted by Gasteiger charge is -2.35. The molecule has 5 rings (SSSR count). The topological polar surface area (TPSA) is 71.7 Å². The first kappa shape index (κ1) is 22.5. The number of fused-ring (bicyclic) bond motifs is 7. The Morgan fingerprint density at radius 2 is 1.06 bits per heavy atom. The minimum absolute atomic E-state index is 0.345. The molecule has 170 valence electrons. The van der Waals surface area contributed by atoms with Crippen LogP contribution in [0.3, 0.4) is 0 Å². The molecule has 2 aromatic carbocycles. The highest BCUT2D eigenvalue weighted by Gasteiger charge is 2.20. The Kier molecular flexibility index (Phi) is 7.22. The third kappa shape index (κ3) is 5.56. The van der Waals surface area contributed by atoms with Crippen LogP contribution < -0.4 is 0 Å². The van der Waals surface area contributed by atoms with Gasteiger partial charge in [0.1, 0.15) is 11.5 Å². The van der Waals surface area contributed by atoms with Crippen LogP contribution in [0.5, 0.6) is 11.5 Å². The SMILES string of the molecule is Cc1cc2c(O)c(c1)CN1CCN(CC1)Cc1cc(C)cc(c1O)C=NCCCCN=C2. The molecule has 3 aliphatic rings. The van der Waals surface area contributed by atoms with Gasteiger partial charge >= 0.3 is 0 Å². The van der Waals surface area contributed by atoms with Crippen LogP contribution in [0.4, 0.5) is 0 Å². The van der Waals surface area contributed by atoms with Crippen LogP contribution in [0, 0.1) is 13.8 Å². The summed E-state index contributed by atoms with van der Waals surface area (Å²) in [6, 6.07) is 8.15. The van der Waals surface area contributed by atoms with Crippen molar-refractivity contribution >= 4 is 12.4 Å². The van der Waals surface area contributed by atoms with Crippen molar-refractivity contribution in [1.29, 1.82) is 0 Å². The molecule has 0 atom stereocenters. The molecule has 0 saturated carbocycles. The lowest BCUT2D eigenvalue weighted by Crippen LogP contribution is -2.45. The first-order chi connectivity index (χ1) is 15.5. The lowest BCUT2D eigenvalue weighted by molar-refractivity contribution is 0.120. The van der Waals surface area contributed by atoms with Gasteiger partial charge in [-0.1, -0.05) is 12.1 Å². The molecule has 3 heterocycles. The molecule has 0 radical (unpaired) electrons. The monoisotopic (exact) mass is 434 g/mol. The van der Waals surface area contributed by atoms with Crippen LogP contribution >= 0.6 is 0 Å². The maximum atomic E-state index is 10.8. The minimum Gasteiger partial charge on any atom is -0.507 e. The number of benzene rings is 2. The molecule has 6 heteroatoms. The summed E-state index contributed by atoms with van der Waals surface area (Å²) in [7, 11) is 0. The summed E-state index contributed by atoms with van der Waals surface area (Å²) in [5.41, 5.74) is 5.81. The number of hydrogen-bond acceptors (Lipinski definition) is 6. The average Bonchev–Trinajstić information content (AvgIpc) is 2.76. The van der Waals surface area contributed by atoms with Gasteiger partial charge in [0.05, 0.1) is 0 Å². The maximum absolute atomic E-state index is 10.8. The molecule has 0 unspecified atom stereocenters. The van der Waals surface area contributed by atoms with Crippen molar-refractivity contribution in [2.45, 2.75) is 39.8 Å². The number of aromatic hydroxyl groups is 2. The maximum Gasteiger partial charge on any atom is 0.128 e. The van der Waals surface area contributed by atoms with E-state index in [1.165, 1.54) is 0 Å². The van der Waals surface area contributed by atoms with Gasteiger partial charge in [-0.05, 0) is 49.9 Å². The van der Waals surface area contributed by atoms with Crippen molar-refractivity contribution in [1.82, 2.24) is 9.80 Å². The molecule has 0 aromatic heterocycles. The van der Waals surface area contributed by atoms with Gasteiger partial charge in [-0.15, -0.1) is 0 Å². The first-order valence-electron chi connectivity index (χ1n) is 11.6. The van der Waals surface area contributed by atoms with E-state index in [1.54, 1.807) is 12.4 Å². The third-order valence-corrected chi connectivity index (χ3v) is 6.26. The molecule has 32 heavy (non-hydrogen) atoms. The standard InChI is InChI=1S/C26H34N4O2/c1-19-11-21-15-27-5-3-4-6-28-16-22-12-20(2)14-24(26(22)32)18-30-9-7-29(8-10-30)17-23(13-19)25(21)31/h11-16,31-32H,3-10,17-18H2,1-2H3. The summed E-state index contributed by atoms with van der Waals surface area (Å²) in [5.74, 6) is 0.691. The van der Waals surface area contributed by atoms with Gasteiger partial charge < -0.3 is 10.2 Å². The van der Waals surface area contributed by atoms with E-state index < -0.39 is 0 Å². The summed E-state index contributed by atoms with van der Waals surface area (Å²) in [6.07, 6.45) is 5.47. The first-order valence-corrected chi connectivity index (χ1v) is 11.6. The quantitative estimate of drug-likeness (QED) is 0.664. The lowest BCUT2D eigenvalue weighted by atomic mass is 10.0. The van der Waals surface area contributed by atoms with E-state index in [2.05, 4.69) is 45.8 Å². The molecule has 0 spiro atoms. The van der Waals surface area contributed by atoms with E-state index in [9.17, 15) is 10.2 Å². The van der Waals surface area contributed by atoms with Crippen LogP contribution in [-0.4, -0.2) is 71.7 Å². The normalized spacial score (nSPS) is 22.1. The molecular weight excluding hydrogens is 400 g/mol. The second kappa shape index (κ2) is 10.3. The van der Waals surface area contributed by atoms with Crippen LogP contribution in [0.1, 0.15) is 46.2 Å². The van der Waals surface area contributed by atoms with Gasteiger partial charge in [0.25, 0.3) is 0 Å². The van der Waals surface area contributed by atoms with E-state index in [0.717, 1.165) is 85.5 Å². The fraction of sp³-hybridized carbons (Fsp3) is 0.462. The van der Waals surface area contributed by atoms with Crippen molar-refractivity contribution in [2.24, 2.45) is 9.98 Å². The number of hydrogen-bond donors (Lipinski definition) is 2. The van der Waals surface area contributed by atoms with Crippen LogP contribution in [-0.2, 0) is 13.1 Å². The summed E-state index contributed by atoms with van der Waals surface area (Å²) in [5, 5.41) is 21.6. The van der Waals surface area contributed by atoms with Crippen LogP contribution in [0.25, 0.3) is 0 Å². The molecule has 1 fully saturated rings. The smallest absolute Gasteiger partial charge is 0.128 e. The Balaban J connectivity index is 1.58. The summed E-state index contributed by atoms with van der Waals surface area (Å²) >= 11 is 0. The van der Waals surface area contributed by atoms with E-state index in [-0.39, 0.29) is 0 Å². The third-order valence-electron chi connectivity index (χ3n) is 6.26. The number of aliphatic imine (C=N–C) groups is 2. The number of aryl methyl sites for hydroxylation is 2. The highest BCUT2D eigenvalue weighted by atomic mass is 16.3. The van der Waals surface area contributed by atoms with Gasteiger partial charge in [0.15, 0.2) is 0 Å². The molecule has 2 aromatic rings. The second-order valence-corrected chi connectivity index (χ2v) is 9.05. The largest absolute Gasteiger partial charge is 0.507 e. The molecule has 6 nitrogen and oxygen atoms in total.